The average Bonchev–Trinajstić information content (AvgIpc) is 2.77. The fourth-order valence-electron chi connectivity index (χ4n) is 5.24. The summed E-state index contributed by atoms with van der Waals surface area (Å²) in [5, 5.41) is 55.9. The molecule has 3 unspecified atom stereocenters. The number of benzene rings is 1. The number of hydrogen-bond acceptors (Lipinski definition) is 10. The van der Waals surface area contributed by atoms with Crippen molar-refractivity contribution in [3.63, 3.8) is 0 Å². The fourth-order valence-corrected chi connectivity index (χ4v) is 5.24. The zero-order valence-corrected chi connectivity index (χ0v) is 22.1. The number of phenolic OH excluding ortho intramolecular Hbond substituents is 1. The van der Waals surface area contributed by atoms with Crippen LogP contribution in [0.15, 0.2) is 6.07 Å². The number of nitrogens with zero attached hydrogens (tertiary/aromatic N) is 1. The van der Waals surface area contributed by atoms with E-state index in [4.69, 9.17) is 5.73 Å². The molecule has 0 radical (unpaired) electrons. The number of Topliss-reactive ketones (excluding diaryl/α,β-unsaturated/α-hetero) is 2. The lowest BCUT2D eigenvalue weighted by Gasteiger charge is -2.43. The number of fused-ring (bicyclic) bond motifs is 1. The summed E-state index contributed by atoms with van der Waals surface area (Å²) in [6, 6.07) is 1.65. The molecular formula is C26H39N3O9. The molecule has 38 heavy (non-hydrogen) atoms. The molecule has 8 N–H and O–H groups in total. The minimum absolute atomic E-state index is 0.00720. The van der Waals surface area contributed by atoms with Crippen molar-refractivity contribution in [3.05, 3.63) is 28.3 Å². The highest BCUT2D eigenvalue weighted by atomic mass is 16.3. The lowest BCUT2D eigenvalue weighted by Crippen LogP contribution is -2.53. The minimum Gasteiger partial charge on any atom is -0.507 e. The van der Waals surface area contributed by atoms with E-state index in [0.717, 1.165) is 0 Å². The number of nitrogens with two attached hydrogens (primary N) is 1. The Kier molecular flexibility index (Phi) is 10.5. The predicted molar refractivity (Wildman–Crippen MR) is 136 cm³/mol. The van der Waals surface area contributed by atoms with Crippen molar-refractivity contribution in [2.24, 2.45) is 11.7 Å². The Bertz CT molecular complexity index is 1070. The van der Waals surface area contributed by atoms with Gasteiger partial charge in [0, 0.05) is 44.4 Å². The Hall–Kier alpha value is -2.90. The van der Waals surface area contributed by atoms with Crippen LogP contribution < -0.4 is 11.1 Å². The van der Waals surface area contributed by atoms with E-state index in [1.165, 1.54) is 0 Å². The van der Waals surface area contributed by atoms with E-state index in [0.29, 0.717) is 23.1 Å². The Morgan fingerprint density at radius 3 is 2.39 bits per heavy atom. The van der Waals surface area contributed by atoms with Crippen molar-refractivity contribution in [1.82, 2.24) is 10.2 Å². The van der Waals surface area contributed by atoms with E-state index < -0.39 is 73.5 Å². The van der Waals surface area contributed by atoms with E-state index in [2.05, 4.69) is 5.32 Å². The first-order valence-corrected chi connectivity index (χ1v) is 12.5. The number of phenols is 1. The van der Waals surface area contributed by atoms with Gasteiger partial charge in [-0.1, -0.05) is 13.0 Å². The van der Waals surface area contributed by atoms with Gasteiger partial charge in [0.05, 0.1) is 42.3 Å². The standard InChI is InChI=1S/C26H39N3O9/c1-4-15-7-16(11-28-22(35)12-29(2)3)24(36)23-17(15)9-25(37,10-20(23)33)14-26(38,5-6-30)18(13-31)19(32)8-21(27)34/h7,18,30-31,36-38H,4-6,8-14H2,1-3H3,(H2,27,34)(H,28,35). The van der Waals surface area contributed by atoms with Crippen LogP contribution in [0.5, 0.6) is 5.75 Å². The van der Waals surface area contributed by atoms with Gasteiger partial charge >= 0.3 is 0 Å². The lowest BCUT2D eigenvalue weighted by molar-refractivity contribution is -0.148. The number of aliphatic hydroxyl groups is 4. The van der Waals surface area contributed by atoms with Crippen LogP contribution in [0.3, 0.4) is 0 Å². The van der Waals surface area contributed by atoms with E-state index in [9.17, 15) is 44.7 Å². The van der Waals surface area contributed by atoms with Crippen LogP contribution in [0.4, 0.5) is 0 Å². The van der Waals surface area contributed by atoms with Crippen LogP contribution in [0.2, 0.25) is 0 Å². The predicted octanol–water partition coefficient (Wildman–Crippen LogP) is -1.45. The van der Waals surface area contributed by atoms with Crippen molar-refractivity contribution >= 4 is 23.4 Å². The van der Waals surface area contributed by atoms with Crippen molar-refractivity contribution in [2.75, 3.05) is 33.9 Å². The molecule has 3 atom stereocenters. The summed E-state index contributed by atoms with van der Waals surface area (Å²) >= 11 is 0. The molecule has 0 saturated heterocycles. The van der Waals surface area contributed by atoms with Crippen molar-refractivity contribution in [1.29, 1.82) is 0 Å². The van der Waals surface area contributed by atoms with Crippen LogP contribution in [0.25, 0.3) is 0 Å². The summed E-state index contributed by atoms with van der Waals surface area (Å²) in [6.45, 7) is 0.499. The minimum atomic E-state index is -2.15. The first-order chi connectivity index (χ1) is 17.7. The molecule has 0 saturated carbocycles. The zero-order valence-electron chi connectivity index (χ0n) is 22.1. The van der Waals surface area contributed by atoms with E-state index in [1.807, 2.05) is 6.92 Å². The number of nitrogens with one attached hydrogen (secondary N) is 1. The Labute approximate surface area is 221 Å². The fraction of sp³-hybridized carbons (Fsp3) is 0.615. The SMILES string of the molecule is CCc1cc(CNC(=O)CN(C)C)c(O)c2c1CC(O)(CC(O)(CCO)C(CO)C(=O)CC(N)=O)CC2=O. The maximum absolute atomic E-state index is 13.3. The maximum Gasteiger partial charge on any atom is 0.234 e. The van der Waals surface area contributed by atoms with Gasteiger partial charge in [-0.25, -0.2) is 0 Å². The number of carbonyl (C=O) groups is 4. The zero-order chi connectivity index (χ0) is 28.8. The van der Waals surface area contributed by atoms with E-state index in [1.54, 1.807) is 25.1 Å². The summed E-state index contributed by atoms with van der Waals surface area (Å²) < 4.78 is 0. The van der Waals surface area contributed by atoms with E-state index >= 15 is 0 Å². The topological polar surface area (TPSA) is 211 Å². The molecule has 212 valence electrons. The van der Waals surface area contributed by atoms with Crippen LogP contribution in [-0.2, 0) is 33.8 Å². The van der Waals surface area contributed by atoms with Crippen LogP contribution >= 0.6 is 0 Å². The number of aliphatic hydroxyl groups excluding tert-OH is 2. The number of amides is 2. The Morgan fingerprint density at radius 2 is 1.87 bits per heavy atom. The lowest BCUT2D eigenvalue weighted by atomic mass is 9.68. The molecule has 1 aliphatic carbocycles. The second-order valence-electron chi connectivity index (χ2n) is 10.4. The molecule has 12 nitrogen and oxygen atoms in total. The molecule has 1 aromatic carbocycles. The Morgan fingerprint density at radius 1 is 1.21 bits per heavy atom. The molecule has 0 heterocycles. The normalized spacial score (nSPS) is 19.5. The molecule has 2 amide bonds. The summed E-state index contributed by atoms with van der Waals surface area (Å²) in [5.74, 6) is -4.51. The maximum atomic E-state index is 13.3. The second kappa shape index (κ2) is 12.8. The van der Waals surface area contributed by atoms with Gasteiger partial charge < -0.3 is 41.5 Å². The first kappa shape index (κ1) is 31.3. The van der Waals surface area contributed by atoms with Crippen LogP contribution in [-0.4, -0.2) is 98.9 Å². The molecule has 12 heteroatoms. The van der Waals surface area contributed by atoms with Gasteiger partial charge in [-0.15, -0.1) is 0 Å². The number of ketones is 2. The molecule has 0 bridgehead atoms. The van der Waals surface area contributed by atoms with Gasteiger partial charge in [-0.05, 0) is 31.6 Å². The summed E-state index contributed by atoms with van der Waals surface area (Å²) in [7, 11) is 3.48. The molecule has 0 fully saturated rings. The highest BCUT2D eigenvalue weighted by Gasteiger charge is 2.49. The number of rotatable bonds is 14. The molecule has 0 spiro atoms. The summed E-state index contributed by atoms with van der Waals surface area (Å²) in [4.78, 5) is 50.8. The number of aryl methyl sites for hydroxylation is 1. The van der Waals surface area contributed by atoms with Gasteiger partial charge in [0.1, 0.15) is 11.5 Å². The number of likely N-dealkylation sites (N-methyl/N-ethyl adjacent to an activating group) is 1. The molecular weight excluding hydrogens is 498 g/mol. The number of hydrogen-bond donors (Lipinski definition) is 7. The molecule has 1 aliphatic rings. The first-order valence-electron chi connectivity index (χ1n) is 12.5. The molecule has 1 aromatic rings. The van der Waals surface area contributed by atoms with Crippen molar-refractivity contribution < 1.29 is 44.7 Å². The summed E-state index contributed by atoms with van der Waals surface area (Å²) in [6.07, 6.45) is -1.96. The van der Waals surface area contributed by atoms with Gasteiger partial charge in [0.25, 0.3) is 0 Å². The monoisotopic (exact) mass is 537 g/mol. The van der Waals surface area contributed by atoms with E-state index in [-0.39, 0.29) is 36.7 Å². The van der Waals surface area contributed by atoms with Crippen LogP contribution in [0.1, 0.15) is 59.7 Å². The molecule has 0 aliphatic heterocycles. The van der Waals surface area contributed by atoms with Gasteiger partial charge in [0.15, 0.2) is 5.78 Å². The Balaban J connectivity index is 2.43. The largest absolute Gasteiger partial charge is 0.507 e. The highest BCUT2D eigenvalue weighted by Crippen LogP contribution is 2.43. The number of aromatic hydroxyl groups is 1. The third kappa shape index (κ3) is 7.35. The third-order valence-electron chi connectivity index (χ3n) is 6.92. The average molecular weight is 538 g/mol. The molecule has 2 rings (SSSR count). The summed E-state index contributed by atoms with van der Waals surface area (Å²) in [5.41, 5.74) is 2.46. The van der Waals surface area contributed by atoms with Gasteiger partial charge in [-0.2, -0.15) is 0 Å². The third-order valence-corrected chi connectivity index (χ3v) is 6.92. The molecule has 0 aromatic heterocycles. The van der Waals surface area contributed by atoms with Gasteiger partial charge in [0.2, 0.25) is 11.8 Å². The number of primary amides is 1. The van der Waals surface area contributed by atoms with Crippen molar-refractivity contribution in [3.8, 4) is 5.75 Å². The second-order valence-corrected chi connectivity index (χ2v) is 10.4. The van der Waals surface area contributed by atoms with Crippen LogP contribution in [0, 0.1) is 5.92 Å². The highest BCUT2D eigenvalue weighted by molar-refractivity contribution is 6.03. The smallest absolute Gasteiger partial charge is 0.234 e. The number of carbonyl (C=O) groups excluding carboxylic acids is 4. The van der Waals surface area contributed by atoms with Crippen molar-refractivity contribution in [2.45, 2.75) is 63.2 Å². The quantitative estimate of drug-likeness (QED) is 0.137. The van der Waals surface area contributed by atoms with Gasteiger partial charge in [-0.3, -0.25) is 19.2 Å².